The van der Waals surface area contributed by atoms with Crippen molar-refractivity contribution in [3.05, 3.63) is 29.6 Å². The van der Waals surface area contributed by atoms with Crippen LogP contribution in [0, 0.1) is 5.82 Å². The highest BCUT2D eigenvalue weighted by Crippen LogP contribution is 2.22. The molecule has 0 saturated carbocycles. The maximum atomic E-state index is 12.8. The van der Waals surface area contributed by atoms with Crippen LogP contribution in [-0.4, -0.2) is 23.2 Å². The molecule has 0 atom stereocenters. The molecule has 1 aromatic carbocycles. The number of benzene rings is 1. The van der Waals surface area contributed by atoms with Gasteiger partial charge in [-0.2, -0.15) is 13.2 Å². The molecule has 0 fully saturated rings. The maximum Gasteiger partial charge on any atom is 0.471 e. The van der Waals surface area contributed by atoms with Crippen LogP contribution in [0.15, 0.2) is 18.2 Å². The van der Waals surface area contributed by atoms with E-state index >= 15 is 0 Å². The van der Waals surface area contributed by atoms with Gasteiger partial charge in [-0.25, -0.2) is 4.39 Å². The first-order valence-electron chi connectivity index (χ1n) is 4.58. The molecule has 0 heterocycles. The van der Waals surface area contributed by atoms with Gasteiger partial charge in [0.05, 0.1) is 6.42 Å². The number of alkyl halides is 3. The van der Waals surface area contributed by atoms with E-state index in [4.69, 9.17) is 5.11 Å². The van der Waals surface area contributed by atoms with Gasteiger partial charge < -0.3 is 10.4 Å². The molecule has 1 amide bonds. The van der Waals surface area contributed by atoms with Crippen molar-refractivity contribution >= 4 is 17.6 Å². The average molecular weight is 265 g/mol. The fourth-order valence-corrected chi connectivity index (χ4v) is 1.19. The molecule has 0 unspecified atom stereocenters. The zero-order chi connectivity index (χ0) is 13.9. The number of rotatable bonds is 3. The highest BCUT2D eigenvalue weighted by atomic mass is 19.4. The fraction of sp³-hybridized carbons (Fsp3) is 0.200. The molecule has 0 radical (unpaired) electrons. The van der Waals surface area contributed by atoms with Gasteiger partial charge in [0.25, 0.3) is 0 Å². The van der Waals surface area contributed by atoms with E-state index in [0.717, 1.165) is 18.2 Å². The van der Waals surface area contributed by atoms with Crippen LogP contribution in [0.25, 0.3) is 0 Å². The quantitative estimate of drug-likeness (QED) is 0.821. The molecule has 0 aromatic heterocycles. The van der Waals surface area contributed by atoms with Crippen LogP contribution >= 0.6 is 0 Å². The molecule has 0 saturated heterocycles. The van der Waals surface area contributed by atoms with Crippen LogP contribution in [0.3, 0.4) is 0 Å². The summed E-state index contributed by atoms with van der Waals surface area (Å²) >= 11 is 0. The van der Waals surface area contributed by atoms with Crippen LogP contribution in [0.2, 0.25) is 0 Å². The largest absolute Gasteiger partial charge is 0.481 e. The molecule has 18 heavy (non-hydrogen) atoms. The van der Waals surface area contributed by atoms with Crippen LogP contribution < -0.4 is 5.32 Å². The predicted molar refractivity (Wildman–Crippen MR) is 52.4 cm³/mol. The summed E-state index contributed by atoms with van der Waals surface area (Å²) in [5.41, 5.74) is -0.638. The summed E-state index contributed by atoms with van der Waals surface area (Å²) in [6.45, 7) is 0. The molecule has 98 valence electrons. The molecular formula is C10H7F4NO3. The number of carbonyl (C=O) groups excluding carboxylic acids is 1. The lowest BCUT2D eigenvalue weighted by atomic mass is 10.1. The summed E-state index contributed by atoms with van der Waals surface area (Å²) in [6, 6.07) is 2.44. The average Bonchev–Trinajstić information content (AvgIpc) is 2.19. The van der Waals surface area contributed by atoms with Gasteiger partial charge in [0.1, 0.15) is 5.82 Å². The lowest BCUT2D eigenvalue weighted by Crippen LogP contribution is -2.30. The van der Waals surface area contributed by atoms with Gasteiger partial charge in [0.2, 0.25) is 0 Å². The number of carboxylic acid groups (broad SMARTS) is 1. The van der Waals surface area contributed by atoms with Crippen molar-refractivity contribution in [3.63, 3.8) is 0 Å². The van der Waals surface area contributed by atoms with E-state index in [1.807, 2.05) is 0 Å². The van der Waals surface area contributed by atoms with Gasteiger partial charge in [-0.05, 0) is 23.8 Å². The Hall–Kier alpha value is -2.12. The number of nitrogens with one attached hydrogen (secondary N) is 1. The van der Waals surface area contributed by atoms with E-state index in [1.54, 1.807) is 0 Å². The zero-order valence-electron chi connectivity index (χ0n) is 8.71. The lowest BCUT2D eigenvalue weighted by molar-refractivity contribution is -0.167. The Bertz CT molecular complexity index is 485. The van der Waals surface area contributed by atoms with E-state index in [0.29, 0.717) is 0 Å². The first kappa shape index (κ1) is 13.9. The minimum atomic E-state index is -5.10. The van der Waals surface area contributed by atoms with Gasteiger partial charge >= 0.3 is 18.1 Å². The Morgan fingerprint density at radius 3 is 2.39 bits per heavy atom. The monoisotopic (exact) mass is 265 g/mol. The van der Waals surface area contributed by atoms with Gasteiger partial charge in [-0.15, -0.1) is 0 Å². The molecular weight excluding hydrogens is 258 g/mol. The Morgan fingerprint density at radius 1 is 1.28 bits per heavy atom. The standard InChI is InChI=1S/C10H7F4NO3/c11-6-1-2-7(5(3-6)4-8(16)17)15-9(18)10(12,13)14/h1-3H,4H2,(H,15,18)(H,16,17). The van der Waals surface area contributed by atoms with Crippen molar-refractivity contribution in [2.24, 2.45) is 0 Å². The van der Waals surface area contributed by atoms with Gasteiger partial charge in [0, 0.05) is 5.69 Å². The number of hydrogen-bond acceptors (Lipinski definition) is 2. The molecule has 0 aliphatic rings. The van der Waals surface area contributed by atoms with E-state index in [2.05, 4.69) is 0 Å². The third-order valence-electron chi connectivity index (χ3n) is 1.91. The summed E-state index contributed by atoms with van der Waals surface area (Å²) in [7, 11) is 0. The van der Waals surface area contributed by atoms with Crippen LogP contribution in [-0.2, 0) is 16.0 Å². The second kappa shape index (κ2) is 5.03. The first-order chi connectivity index (χ1) is 8.20. The Kier molecular flexibility index (Phi) is 3.89. The predicted octanol–water partition coefficient (Wildman–Crippen LogP) is 1.95. The normalized spacial score (nSPS) is 11.1. The number of carboxylic acids is 1. The Labute approximate surface area is 98.2 Å². The fourth-order valence-electron chi connectivity index (χ4n) is 1.19. The molecule has 0 aliphatic heterocycles. The number of amides is 1. The van der Waals surface area contributed by atoms with Crippen molar-refractivity contribution in [1.82, 2.24) is 0 Å². The molecule has 8 heteroatoms. The van der Waals surface area contributed by atoms with E-state index in [1.165, 1.54) is 5.32 Å². The van der Waals surface area contributed by atoms with E-state index in [-0.39, 0.29) is 11.3 Å². The Balaban J connectivity index is 3.01. The Morgan fingerprint density at radius 2 is 1.89 bits per heavy atom. The second-order valence-corrected chi connectivity index (χ2v) is 3.32. The highest BCUT2D eigenvalue weighted by molar-refractivity contribution is 5.96. The first-order valence-corrected chi connectivity index (χ1v) is 4.58. The van der Waals surface area contributed by atoms with Crippen molar-refractivity contribution in [1.29, 1.82) is 0 Å². The summed E-state index contributed by atoms with van der Waals surface area (Å²) in [4.78, 5) is 21.1. The van der Waals surface area contributed by atoms with Crippen molar-refractivity contribution in [2.45, 2.75) is 12.6 Å². The number of anilines is 1. The lowest BCUT2D eigenvalue weighted by Gasteiger charge is -2.11. The second-order valence-electron chi connectivity index (χ2n) is 3.32. The number of halogens is 4. The molecule has 2 N–H and O–H groups in total. The van der Waals surface area contributed by atoms with Gasteiger partial charge in [-0.3, -0.25) is 9.59 Å². The molecule has 0 aliphatic carbocycles. The summed E-state index contributed by atoms with van der Waals surface area (Å²) in [5.74, 6) is -4.42. The minimum Gasteiger partial charge on any atom is -0.481 e. The van der Waals surface area contributed by atoms with Gasteiger partial charge in [0.15, 0.2) is 0 Å². The minimum absolute atomic E-state index is 0.250. The summed E-state index contributed by atoms with van der Waals surface area (Å²) in [5, 5.41) is 10.0. The molecule has 0 bridgehead atoms. The van der Waals surface area contributed by atoms with Crippen molar-refractivity contribution < 1.29 is 32.3 Å². The smallest absolute Gasteiger partial charge is 0.471 e. The van der Waals surface area contributed by atoms with Crippen LogP contribution in [0.1, 0.15) is 5.56 Å². The number of hydrogen-bond donors (Lipinski definition) is 2. The van der Waals surface area contributed by atoms with E-state index < -0.39 is 30.3 Å². The van der Waals surface area contributed by atoms with E-state index in [9.17, 15) is 27.2 Å². The van der Waals surface area contributed by atoms with Crippen LogP contribution in [0.4, 0.5) is 23.2 Å². The number of aliphatic carboxylic acids is 1. The van der Waals surface area contributed by atoms with Crippen LogP contribution in [0.5, 0.6) is 0 Å². The van der Waals surface area contributed by atoms with Gasteiger partial charge in [-0.1, -0.05) is 0 Å². The summed E-state index contributed by atoms with van der Waals surface area (Å²) < 4.78 is 48.9. The third-order valence-corrected chi connectivity index (χ3v) is 1.91. The molecule has 4 nitrogen and oxygen atoms in total. The van der Waals surface area contributed by atoms with Crippen molar-refractivity contribution in [2.75, 3.05) is 5.32 Å². The number of carbonyl (C=O) groups is 2. The zero-order valence-corrected chi connectivity index (χ0v) is 8.71. The SMILES string of the molecule is O=C(O)Cc1cc(F)ccc1NC(=O)C(F)(F)F. The molecule has 0 spiro atoms. The molecule has 1 aromatic rings. The topological polar surface area (TPSA) is 66.4 Å². The molecule has 1 rings (SSSR count). The maximum absolute atomic E-state index is 12.8. The third kappa shape index (κ3) is 3.72. The summed E-state index contributed by atoms with van der Waals surface area (Å²) in [6.07, 6.45) is -5.81. The van der Waals surface area contributed by atoms with Crippen molar-refractivity contribution in [3.8, 4) is 0 Å². The highest BCUT2D eigenvalue weighted by Gasteiger charge is 2.39.